The van der Waals surface area contributed by atoms with Gasteiger partial charge in [-0.25, -0.2) is 5.43 Å². The quantitative estimate of drug-likeness (QED) is 0.310. The molecule has 0 spiro atoms. The Kier molecular flexibility index (Phi) is 4.98. The summed E-state index contributed by atoms with van der Waals surface area (Å²) < 4.78 is 5.58. The van der Waals surface area contributed by atoms with E-state index in [9.17, 15) is 14.9 Å². The molecule has 1 amide bonds. The van der Waals surface area contributed by atoms with Gasteiger partial charge < -0.3 is 10.2 Å². The third-order valence-corrected chi connectivity index (χ3v) is 3.81. The Balaban J connectivity index is 1.75. The standard InChI is InChI=1S/C19H16N4O4/c1-12-6-8-15(17(10-12)23(25)26)18-9-7-13(27-18)11-21-22-19(24)14-4-2-3-5-16(14)20/h2-11H,20H2,1H3,(H,22,24). The second kappa shape index (κ2) is 7.52. The number of amides is 1. The van der Waals surface area contributed by atoms with Crippen LogP contribution in [0.15, 0.2) is 64.1 Å². The number of anilines is 1. The molecule has 0 aliphatic carbocycles. The monoisotopic (exact) mass is 364 g/mol. The zero-order valence-electron chi connectivity index (χ0n) is 14.4. The lowest BCUT2D eigenvalue weighted by molar-refractivity contribution is -0.384. The molecule has 0 unspecified atom stereocenters. The van der Waals surface area contributed by atoms with E-state index in [2.05, 4.69) is 10.5 Å². The summed E-state index contributed by atoms with van der Waals surface area (Å²) in [4.78, 5) is 22.8. The second-order valence-corrected chi connectivity index (χ2v) is 5.77. The molecular formula is C19H16N4O4. The molecule has 8 heteroatoms. The van der Waals surface area contributed by atoms with Crippen molar-refractivity contribution in [3.63, 3.8) is 0 Å². The zero-order chi connectivity index (χ0) is 19.4. The van der Waals surface area contributed by atoms with Crippen molar-refractivity contribution in [1.29, 1.82) is 0 Å². The molecule has 0 aliphatic heterocycles. The summed E-state index contributed by atoms with van der Waals surface area (Å²) in [5.74, 6) is 0.216. The van der Waals surface area contributed by atoms with E-state index < -0.39 is 10.8 Å². The van der Waals surface area contributed by atoms with E-state index in [-0.39, 0.29) is 5.69 Å². The summed E-state index contributed by atoms with van der Waals surface area (Å²) >= 11 is 0. The number of nitro groups is 1. The number of para-hydroxylation sites is 1. The molecule has 3 rings (SSSR count). The molecular weight excluding hydrogens is 348 g/mol. The summed E-state index contributed by atoms with van der Waals surface area (Å²) in [7, 11) is 0. The van der Waals surface area contributed by atoms with Crippen molar-refractivity contribution >= 4 is 23.5 Å². The first-order valence-electron chi connectivity index (χ1n) is 7.99. The highest BCUT2D eigenvalue weighted by atomic mass is 16.6. The molecule has 0 atom stereocenters. The Bertz CT molecular complexity index is 1040. The lowest BCUT2D eigenvalue weighted by Crippen LogP contribution is -2.18. The maximum Gasteiger partial charge on any atom is 0.280 e. The molecule has 3 aromatic rings. The molecule has 1 heterocycles. The van der Waals surface area contributed by atoms with Gasteiger partial charge in [-0.2, -0.15) is 5.10 Å². The number of aryl methyl sites for hydroxylation is 1. The summed E-state index contributed by atoms with van der Waals surface area (Å²) in [6.45, 7) is 1.78. The smallest absolute Gasteiger partial charge is 0.280 e. The Labute approximate surface area is 154 Å². The van der Waals surface area contributed by atoms with E-state index in [0.29, 0.717) is 28.3 Å². The zero-order valence-corrected chi connectivity index (χ0v) is 14.4. The average molecular weight is 364 g/mol. The molecule has 0 saturated heterocycles. The van der Waals surface area contributed by atoms with Crippen molar-refractivity contribution in [3.8, 4) is 11.3 Å². The number of nitrogens with zero attached hydrogens (tertiary/aromatic N) is 2. The van der Waals surface area contributed by atoms with Gasteiger partial charge in [-0.1, -0.05) is 18.2 Å². The molecule has 0 saturated carbocycles. The normalized spacial score (nSPS) is 10.9. The van der Waals surface area contributed by atoms with Crippen LogP contribution in [0.2, 0.25) is 0 Å². The first kappa shape index (κ1) is 17.9. The van der Waals surface area contributed by atoms with Crippen molar-refractivity contribution in [2.45, 2.75) is 6.92 Å². The van der Waals surface area contributed by atoms with Gasteiger partial charge in [0.1, 0.15) is 11.5 Å². The van der Waals surface area contributed by atoms with E-state index in [4.69, 9.17) is 10.2 Å². The number of hydrogen-bond acceptors (Lipinski definition) is 6. The Morgan fingerprint density at radius 2 is 2.00 bits per heavy atom. The summed E-state index contributed by atoms with van der Waals surface area (Å²) in [6.07, 6.45) is 1.31. The van der Waals surface area contributed by atoms with Gasteiger partial charge in [0.15, 0.2) is 0 Å². The van der Waals surface area contributed by atoms with Crippen LogP contribution in [0, 0.1) is 17.0 Å². The minimum absolute atomic E-state index is 0.0410. The van der Waals surface area contributed by atoms with Crippen LogP contribution >= 0.6 is 0 Å². The first-order valence-corrected chi connectivity index (χ1v) is 7.99. The van der Waals surface area contributed by atoms with Gasteiger partial charge in [0.25, 0.3) is 11.6 Å². The number of furan rings is 1. The van der Waals surface area contributed by atoms with E-state index in [1.807, 2.05) is 0 Å². The molecule has 8 nitrogen and oxygen atoms in total. The minimum Gasteiger partial charge on any atom is -0.455 e. The lowest BCUT2D eigenvalue weighted by Gasteiger charge is -2.02. The van der Waals surface area contributed by atoms with Crippen molar-refractivity contribution < 1.29 is 14.1 Å². The van der Waals surface area contributed by atoms with Crippen LogP contribution in [0.1, 0.15) is 21.7 Å². The van der Waals surface area contributed by atoms with Crippen LogP contribution in [0.4, 0.5) is 11.4 Å². The van der Waals surface area contributed by atoms with E-state index in [0.717, 1.165) is 5.56 Å². The van der Waals surface area contributed by atoms with Crippen LogP contribution in [-0.2, 0) is 0 Å². The fourth-order valence-electron chi connectivity index (χ4n) is 2.49. The number of hydrogen-bond donors (Lipinski definition) is 2. The minimum atomic E-state index is -0.455. The van der Waals surface area contributed by atoms with Crippen molar-refractivity contribution in [2.24, 2.45) is 5.10 Å². The molecule has 0 bridgehead atoms. The largest absolute Gasteiger partial charge is 0.455 e. The number of carbonyl (C=O) groups is 1. The molecule has 0 radical (unpaired) electrons. The maximum atomic E-state index is 12.0. The number of hydrazone groups is 1. The first-order chi connectivity index (χ1) is 13.0. The van der Waals surface area contributed by atoms with Crippen LogP contribution in [0.5, 0.6) is 0 Å². The summed E-state index contributed by atoms with van der Waals surface area (Å²) in [5, 5.41) is 15.1. The fourth-order valence-corrected chi connectivity index (χ4v) is 2.49. The molecule has 3 N–H and O–H groups in total. The number of nitrogens with one attached hydrogen (secondary N) is 1. The predicted molar refractivity (Wildman–Crippen MR) is 101 cm³/mol. The van der Waals surface area contributed by atoms with E-state index >= 15 is 0 Å². The SMILES string of the molecule is Cc1ccc(-c2ccc(C=NNC(=O)c3ccccc3N)o2)c([N+](=O)[O-])c1. The van der Waals surface area contributed by atoms with Gasteiger partial charge in [0.05, 0.1) is 22.3 Å². The van der Waals surface area contributed by atoms with Crippen molar-refractivity contribution in [1.82, 2.24) is 5.43 Å². The molecule has 136 valence electrons. The Hall–Kier alpha value is -3.94. The van der Waals surface area contributed by atoms with Gasteiger partial charge in [-0.05, 0) is 42.8 Å². The Morgan fingerprint density at radius 1 is 1.22 bits per heavy atom. The molecule has 0 fully saturated rings. The number of nitrogen functional groups attached to an aromatic ring is 1. The average Bonchev–Trinajstić information content (AvgIpc) is 3.10. The third-order valence-electron chi connectivity index (χ3n) is 3.81. The van der Waals surface area contributed by atoms with Crippen LogP contribution < -0.4 is 11.2 Å². The van der Waals surface area contributed by atoms with Gasteiger partial charge in [0.2, 0.25) is 0 Å². The van der Waals surface area contributed by atoms with Gasteiger partial charge in [-0.3, -0.25) is 14.9 Å². The number of rotatable bonds is 5. The predicted octanol–water partition coefficient (Wildman–Crippen LogP) is 3.51. The van der Waals surface area contributed by atoms with Crippen molar-refractivity contribution in [3.05, 3.63) is 81.6 Å². The van der Waals surface area contributed by atoms with Crippen molar-refractivity contribution in [2.75, 3.05) is 5.73 Å². The van der Waals surface area contributed by atoms with Gasteiger partial charge >= 0.3 is 0 Å². The summed E-state index contributed by atoms with van der Waals surface area (Å²) in [6, 6.07) is 14.7. The molecule has 0 aliphatic rings. The number of nitrogens with two attached hydrogens (primary N) is 1. The number of benzene rings is 2. The van der Waals surface area contributed by atoms with Gasteiger partial charge in [-0.15, -0.1) is 0 Å². The van der Waals surface area contributed by atoms with Crippen LogP contribution in [-0.4, -0.2) is 17.0 Å². The van der Waals surface area contributed by atoms with E-state index in [1.54, 1.807) is 55.5 Å². The maximum absolute atomic E-state index is 12.0. The molecule has 27 heavy (non-hydrogen) atoms. The molecule has 1 aromatic heterocycles. The van der Waals surface area contributed by atoms with Gasteiger partial charge in [0, 0.05) is 11.8 Å². The number of nitro benzene ring substituents is 1. The van der Waals surface area contributed by atoms with Crippen LogP contribution in [0.25, 0.3) is 11.3 Å². The fraction of sp³-hybridized carbons (Fsp3) is 0.0526. The highest BCUT2D eigenvalue weighted by molar-refractivity contribution is 5.99. The highest BCUT2D eigenvalue weighted by Gasteiger charge is 2.18. The second-order valence-electron chi connectivity index (χ2n) is 5.77. The van der Waals surface area contributed by atoms with E-state index in [1.165, 1.54) is 12.3 Å². The lowest BCUT2D eigenvalue weighted by atomic mass is 10.1. The third kappa shape index (κ3) is 4.01. The number of carbonyl (C=O) groups excluding carboxylic acids is 1. The summed E-state index contributed by atoms with van der Waals surface area (Å²) in [5.41, 5.74) is 9.85. The topological polar surface area (TPSA) is 124 Å². The molecule has 2 aromatic carbocycles. The highest BCUT2D eigenvalue weighted by Crippen LogP contribution is 2.31. The Morgan fingerprint density at radius 3 is 2.74 bits per heavy atom. The van der Waals surface area contributed by atoms with Crippen LogP contribution in [0.3, 0.4) is 0 Å².